The predicted octanol–water partition coefficient (Wildman–Crippen LogP) is -2.94. The number of rotatable bonds is 15. The summed E-state index contributed by atoms with van der Waals surface area (Å²) < 4.78 is 0. The Bertz CT molecular complexity index is 684. The van der Waals surface area contributed by atoms with Gasteiger partial charge in [0.1, 0.15) is 18.6 Å². The molecule has 0 aromatic rings. The topological polar surface area (TPSA) is 237 Å². The van der Waals surface area contributed by atoms with E-state index in [1.807, 2.05) is 0 Å². The summed E-state index contributed by atoms with van der Waals surface area (Å²) in [5, 5.41) is 15.8. The highest BCUT2D eigenvalue weighted by Gasteiger charge is 2.31. The van der Waals surface area contributed by atoms with E-state index in [9.17, 15) is 28.8 Å². The van der Waals surface area contributed by atoms with Gasteiger partial charge in [-0.15, -0.1) is 0 Å². The molecule has 31 heavy (non-hydrogen) atoms. The molecule has 176 valence electrons. The molecule has 0 spiro atoms. The number of carbonyl (C=O) groups excluding carboxylic acids is 5. The molecule has 4 atom stereocenters. The van der Waals surface area contributed by atoms with Crippen molar-refractivity contribution in [3.63, 3.8) is 0 Å². The summed E-state index contributed by atoms with van der Waals surface area (Å²) in [6.07, 6.45) is -0.0692. The van der Waals surface area contributed by atoms with Crippen LogP contribution in [0, 0.1) is 5.92 Å². The number of carboxylic acids is 1. The third kappa shape index (κ3) is 11.5. The minimum atomic E-state index is -1.25. The summed E-state index contributed by atoms with van der Waals surface area (Å²) >= 11 is 0. The van der Waals surface area contributed by atoms with Crippen molar-refractivity contribution in [1.29, 1.82) is 0 Å². The van der Waals surface area contributed by atoms with Gasteiger partial charge in [-0.3, -0.25) is 28.8 Å². The number of nitrogens with two attached hydrogens (primary N) is 3. The van der Waals surface area contributed by atoms with E-state index < -0.39 is 60.2 Å². The van der Waals surface area contributed by atoms with Crippen molar-refractivity contribution >= 4 is 35.5 Å². The summed E-state index contributed by atoms with van der Waals surface area (Å²) in [5.74, 6) is -5.18. The van der Waals surface area contributed by atoms with Crippen LogP contribution in [0.2, 0.25) is 0 Å². The van der Waals surface area contributed by atoms with Crippen LogP contribution >= 0.6 is 0 Å². The van der Waals surface area contributed by atoms with E-state index in [2.05, 4.69) is 16.0 Å². The van der Waals surface area contributed by atoms with Crippen molar-refractivity contribution < 1.29 is 33.9 Å². The Hall–Kier alpha value is -3.22. The Labute approximate surface area is 179 Å². The van der Waals surface area contributed by atoms with E-state index in [1.54, 1.807) is 13.8 Å². The summed E-state index contributed by atoms with van der Waals surface area (Å²) in [6.45, 7) is 2.83. The lowest BCUT2D eigenvalue weighted by molar-refractivity contribution is -0.139. The Morgan fingerprint density at radius 2 is 1.42 bits per heavy atom. The van der Waals surface area contributed by atoms with Crippen LogP contribution in [0.1, 0.15) is 46.0 Å². The van der Waals surface area contributed by atoms with Gasteiger partial charge in [-0.05, 0) is 18.8 Å². The fourth-order valence-corrected chi connectivity index (χ4v) is 2.49. The molecule has 0 aliphatic heterocycles. The van der Waals surface area contributed by atoms with E-state index in [-0.39, 0.29) is 31.6 Å². The van der Waals surface area contributed by atoms with Crippen LogP contribution in [-0.4, -0.2) is 65.3 Å². The molecular formula is C18H32N6O7. The van der Waals surface area contributed by atoms with Crippen LogP contribution in [0.4, 0.5) is 0 Å². The zero-order chi connectivity index (χ0) is 24.1. The average Bonchev–Trinajstić information content (AvgIpc) is 2.69. The highest BCUT2D eigenvalue weighted by Crippen LogP contribution is 2.09. The summed E-state index contributed by atoms with van der Waals surface area (Å²) in [5.41, 5.74) is 15.8. The summed E-state index contributed by atoms with van der Waals surface area (Å²) in [4.78, 5) is 70.1. The first kappa shape index (κ1) is 27.8. The fraction of sp³-hybridized carbons (Fsp3) is 0.667. The molecule has 13 heteroatoms. The van der Waals surface area contributed by atoms with Gasteiger partial charge in [0.2, 0.25) is 29.5 Å². The van der Waals surface area contributed by atoms with Gasteiger partial charge in [0.15, 0.2) is 0 Å². The van der Waals surface area contributed by atoms with Gasteiger partial charge in [0, 0.05) is 12.8 Å². The monoisotopic (exact) mass is 444 g/mol. The van der Waals surface area contributed by atoms with Crippen molar-refractivity contribution in [3.8, 4) is 0 Å². The van der Waals surface area contributed by atoms with Crippen LogP contribution in [0.25, 0.3) is 0 Å². The first-order chi connectivity index (χ1) is 14.4. The van der Waals surface area contributed by atoms with Gasteiger partial charge in [-0.25, -0.2) is 0 Å². The van der Waals surface area contributed by atoms with Crippen molar-refractivity contribution in [3.05, 3.63) is 0 Å². The molecular weight excluding hydrogens is 412 g/mol. The molecule has 10 N–H and O–H groups in total. The standard InChI is InChI=1S/C18H32N6O7/c1-3-9(2)15(18(31)22-8-14(27)28)24-17(30)11(5-7-13(21)26)23-16(29)10(19)4-6-12(20)25/h9-11,15H,3-8,19H2,1-2H3,(H2,20,25)(H2,21,26)(H,22,31)(H,23,29)(H,24,30)(H,27,28). The van der Waals surface area contributed by atoms with Gasteiger partial charge in [-0.2, -0.15) is 0 Å². The third-order valence-corrected chi connectivity index (χ3v) is 4.56. The van der Waals surface area contributed by atoms with Gasteiger partial charge in [0.05, 0.1) is 6.04 Å². The van der Waals surface area contributed by atoms with Gasteiger partial charge >= 0.3 is 5.97 Å². The maximum absolute atomic E-state index is 12.8. The van der Waals surface area contributed by atoms with E-state index in [0.29, 0.717) is 6.42 Å². The van der Waals surface area contributed by atoms with Crippen LogP contribution < -0.4 is 33.2 Å². The van der Waals surface area contributed by atoms with Crippen molar-refractivity contribution in [2.45, 2.75) is 64.1 Å². The van der Waals surface area contributed by atoms with Gasteiger partial charge < -0.3 is 38.3 Å². The molecule has 0 heterocycles. The normalized spacial score (nSPS) is 14.4. The first-order valence-electron chi connectivity index (χ1n) is 9.81. The minimum Gasteiger partial charge on any atom is -0.480 e. The Morgan fingerprint density at radius 3 is 1.90 bits per heavy atom. The third-order valence-electron chi connectivity index (χ3n) is 4.56. The SMILES string of the molecule is CCC(C)C(NC(=O)C(CCC(N)=O)NC(=O)C(N)CCC(N)=O)C(=O)NCC(=O)O. The highest BCUT2D eigenvalue weighted by atomic mass is 16.4. The van der Waals surface area contributed by atoms with Crippen LogP contribution in [-0.2, 0) is 28.8 Å². The number of hydrogen-bond acceptors (Lipinski definition) is 7. The van der Waals surface area contributed by atoms with Crippen molar-refractivity contribution in [1.82, 2.24) is 16.0 Å². The van der Waals surface area contributed by atoms with Crippen LogP contribution in [0.3, 0.4) is 0 Å². The molecule has 0 aromatic carbocycles. The number of carboxylic acid groups (broad SMARTS) is 1. The largest absolute Gasteiger partial charge is 0.480 e. The zero-order valence-corrected chi connectivity index (χ0v) is 17.7. The number of aliphatic carboxylic acids is 1. The van der Waals surface area contributed by atoms with Crippen molar-refractivity contribution in [2.75, 3.05) is 6.54 Å². The fourth-order valence-electron chi connectivity index (χ4n) is 2.49. The Morgan fingerprint density at radius 1 is 0.871 bits per heavy atom. The summed E-state index contributed by atoms with van der Waals surface area (Å²) in [6, 6.07) is -3.44. The van der Waals surface area contributed by atoms with E-state index in [4.69, 9.17) is 22.3 Å². The lowest BCUT2D eigenvalue weighted by atomic mass is 9.97. The highest BCUT2D eigenvalue weighted by molar-refractivity contribution is 5.94. The number of carbonyl (C=O) groups is 6. The molecule has 0 aromatic heterocycles. The van der Waals surface area contributed by atoms with Gasteiger partial charge in [0.25, 0.3) is 0 Å². The summed E-state index contributed by atoms with van der Waals surface area (Å²) in [7, 11) is 0. The second-order valence-electron chi connectivity index (χ2n) is 7.16. The molecule has 4 unspecified atom stereocenters. The quantitative estimate of drug-likeness (QED) is 0.137. The Balaban J connectivity index is 5.34. The number of nitrogens with one attached hydrogen (secondary N) is 3. The molecule has 0 saturated heterocycles. The number of hydrogen-bond donors (Lipinski definition) is 7. The predicted molar refractivity (Wildman–Crippen MR) is 109 cm³/mol. The molecule has 0 aliphatic carbocycles. The maximum Gasteiger partial charge on any atom is 0.322 e. The van der Waals surface area contributed by atoms with E-state index in [0.717, 1.165) is 0 Å². The van der Waals surface area contributed by atoms with Crippen molar-refractivity contribution in [2.24, 2.45) is 23.1 Å². The maximum atomic E-state index is 12.8. The number of primary amides is 2. The number of amides is 5. The molecule has 13 nitrogen and oxygen atoms in total. The molecule has 0 saturated carbocycles. The Kier molecular flexibility index (Phi) is 12.5. The van der Waals surface area contributed by atoms with E-state index >= 15 is 0 Å². The molecule has 0 bridgehead atoms. The smallest absolute Gasteiger partial charge is 0.322 e. The van der Waals surface area contributed by atoms with E-state index in [1.165, 1.54) is 0 Å². The lowest BCUT2D eigenvalue weighted by Crippen LogP contribution is -2.57. The first-order valence-corrected chi connectivity index (χ1v) is 9.81. The zero-order valence-electron chi connectivity index (χ0n) is 17.7. The second-order valence-corrected chi connectivity index (χ2v) is 7.16. The lowest BCUT2D eigenvalue weighted by Gasteiger charge is -2.26. The molecule has 0 aliphatic rings. The molecule has 0 rings (SSSR count). The molecule has 5 amide bonds. The van der Waals surface area contributed by atoms with Crippen LogP contribution in [0.5, 0.6) is 0 Å². The molecule has 0 radical (unpaired) electrons. The molecule has 0 fully saturated rings. The van der Waals surface area contributed by atoms with Crippen LogP contribution in [0.15, 0.2) is 0 Å². The minimum absolute atomic E-state index is 0.0432. The average molecular weight is 444 g/mol. The van der Waals surface area contributed by atoms with Gasteiger partial charge in [-0.1, -0.05) is 20.3 Å². The second kappa shape index (κ2) is 13.9.